The van der Waals surface area contributed by atoms with Crippen LogP contribution < -0.4 is 10.9 Å². The van der Waals surface area contributed by atoms with Gasteiger partial charge in [-0.3, -0.25) is 9.36 Å². The Bertz CT molecular complexity index is 1430. The number of nitrogens with zero attached hydrogens (tertiary/aromatic N) is 3. The molecule has 4 aromatic rings. The van der Waals surface area contributed by atoms with E-state index in [1.165, 1.54) is 23.6 Å². The summed E-state index contributed by atoms with van der Waals surface area (Å²) in [6.45, 7) is 1.90. The molecule has 0 spiro atoms. The Hall–Kier alpha value is -3.39. The summed E-state index contributed by atoms with van der Waals surface area (Å²) in [4.78, 5) is 17.8. The summed E-state index contributed by atoms with van der Waals surface area (Å²) < 4.78 is 28.8. The highest BCUT2D eigenvalue weighted by molar-refractivity contribution is 7.90. The first-order chi connectivity index (χ1) is 15.4. The zero-order valence-electron chi connectivity index (χ0n) is 17.7. The van der Waals surface area contributed by atoms with Crippen molar-refractivity contribution in [2.45, 2.75) is 43.5 Å². The molecule has 1 aliphatic carbocycles. The number of benzene rings is 1. The van der Waals surface area contributed by atoms with Gasteiger partial charge in [0.25, 0.3) is 15.6 Å². The minimum atomic E-state index is -3.80. The zero-order valence-corrected chi connectivity index (χ0v) is 18.5. The van der Waals surface area contributed by atoms with Crippen LogP contribution in [0.2, 0.25) is 0 Å². The second-order valence-electron chi connectivity index (χ2n) is 8.25. The molecule has 3 heterocycles. The van der Waals surface area contributed by atoms with Crippen molar-refractivity contribution in [3.8, 4) is 5.69 Å². The molecule has 0 amide bonds. The van der Waals surface area contributed by atoms with E-state index in [0.717, 1.165) is 28.2 Å². The quantitative estimate of drug-likeness (QED) is 0.497. The molecule has 1 aliphatic rings. The summed E-state index contributed by atoms with van der Waals surface area (Å²) >= 11 is 0. The minimum Gasteiger partial charge on any atom is -0.367 e. The number of hydrogen-bond acceptors (Lipinski definition) is 5. The van der Waals surface area contributed by atoms with Gasteiger partial charge in [-0.1, -0.05) is 30.5 Å². The Morgan fingerprint density at radius 3 is 2.41 bits per heavy atom. The second-order valence-corrected chi connectivity index (χ2v) is 10.1. The molecule has 32 heavy (non-hydrogen) atoms. The van der Waals surface area contributed by atoms with Crippen LogP contribution in [0.15, 0.2) is 76.8 Å². The second kappa shape index (κ2) is 7.94. The molecule has 7 nitrogen and oxygen atoms in total. The largest absolute Gasteiger partial charge is 0.367 e. The van der Waals surface area contributed by atoms with E-state index >= 15 is 0 Å². The fraction of sp³-hybridized carbons (Fsp3) is 0.250. The van der Waals surface area contributed by atoms with Gasteiger partial charge in [0, 0.05) is 18.4 Å². The van der Waals surface area contributed by atoms with Crippen molar-refractivity contribution in [1.29, 1.82) is 0 Å². The number of pyridine rings is 2. The Kier molecular flexibility index (Phi) is 5.09. The van der Waals surface area contributed by atoms with Crippen molar-refractivity contribution in [3.63, 3.8) is 0 Å². The zero-order chi connectivity index (χ0) is 22.3. The van der Waals surface area contributed by atoms with E-state index in [4.69, 9.17) is 0 Å². The summed E-state index contributed by atoms with van der Waals surface area (Å²) in [5.74, 6) is 0.796. The molecule has 8 heteroatoms. The van der Waals surface area contributed by atoms with Gasteiger partial charge in [-0.2, -0.15) is 0 Å². The molecular formula is C24H24N4O3S. The molecule has 1 aromatic carbocycles. The van der Waals surface area contributed by atoms with Gasteiger partial charge in [0.05, 0.1) is 27.7 Å². The lowest BCUT2D eigenvalue weighted by molar-refractivity contribution is 0.589. The molecule has 5 rings (SSSR count). The van der Waals surface area contributed by atoms with Crippen molar-refractivity contribution in [1.82, 2.24) is 13.5 Å². The molecule has 1 fully saturated rings. The molecule has 0 saturated heterocycles. The predicted molar refractivity (Wildman–Crippen MR) is 125 cm³/mol. The number of aryl methyl sites for hydroxylation is 1. The van der Waals surface area contributed by atoms with E-state index in [0.29, 0.717) is 22.6 Å². The molecular weight excluding hydrogens is 424 g/mol. The van der Waals surface area contributed by atoms with Gasteiger partial charge in [0.15, 0.2) is 0 Å². The normalized spacial score (nSPS) is 14.8. The van der Waals surface area contributed by atoms with Gasteiger partial charge in [-0.05, 0) is 56.2 Å². The van der Waals surface area contributed by atoms with Gasteiger partial charge in [-0.25, -0.2) is 17.4 Å². The number of fused-ring (bicyclic) bond motifs is 1. The average Bonchev–Trinajstić information content (AvgIpc) is 3.46. The lowest BCUT2D eigenvalue weighted by atomic mass is 10.2. The highest BCUT2D eigenvalue weighted by Gasteiger charge is 2.20. The highest BCUT2D eigenvalue weighted by atomic mass is 32.2. The first-order valence-electron chi connectivity index (χ1n) is 10.7. The maximum absolute atomic E-state index is 13.1. The molecule has 0 aliphatic heterocycles. The standard InChI is InChI=1S/C24H24N4O3S/c1-17-6-9-20(10-7-17)32(30,31)28-15-12-21-22(28)13-14-27(24(21)29)19-8-11-23(25-16-19)26-18-4-2-3-5-18/h6-16,18H,2-5H2,1H3,(H,25,26). The van der Waals surface area contributed by atoms with Gasteiger partial charge in [-0.15, -0.1) is 0 Å². The van der Waals surface area contributed by atoms with E-state index in [1.807, 2.05) is 19.1 Å². The molecule has 1 N–H and O–H groups in total. The Balaban J connectivity index is 1.49. The fourth-order valence-corrected chi connectivity index (χ4v) is 5.59. The lowest BCUT2D eigenvalue weighted by Gasteiger charge is -2.13. The van der Waals surface area contributed by atoms with Crippen LogP contribution >= 0.6 is 0 Å². The fourth-order valence-electron chi connectivity index (χ4n) is 4.24. The summed E-state index contributed by atoms with van der Waals surface area (Å²) in [6, 6.07) is 14.0. The number of aromatic nitrogens is 3. The monoisotopic (exact) mass is 448 g/mol. The Labute approximate surface area is 186 Å². The van der Waals surface area contributed by atoms with Crippen molar-refractivity contribution in [2.24, 2.45) is 0 Å². The third-order valence-electron chi connectivity index (χ3n) is 6.03. The highest BCUT2D eigenvalue weighted by Crippen LogP contribution is 2.23. The number of rotatable bonds is 5. The third kappa shape index (κ3) is 3.60. The maximum atomic E-state index is 13.1. The molecule has 0 atom stereocenters. The summed E-state index contributed by atoms with van der Waals surface area (Å²) in [7, 11) is -3.80. The predicted octanol–water partition coefficient (Wildman–Crippen LogP) is 4.09. The topological polar surface area (TPSA) is 86.0 Å². The van der Waals surface area contributed by atoms with Gasteiger partial charge in [0.1, 0.15) is 5.82 Å². The summed E-state index contributed by atoms with van der Waals surface area (Å²) in [5, 5.41) is 3.76. The Morgan fingerprint density at radius 1 is 0.969 bits per heavy atom. The lowest BCUT2D eigenvalue weighted by Crippen LogP contribution is -2.19. The van der Waals surface area contributed by atoms with Crippen LogP contribution in [-0.4, -0.2) is 28.0 Å². The number of anilines is 1. The van der Waals surface area contributed by atoms with E-state index in [-0.39, 0.29) is 10.5 Å². The van der Waals surface area contributed by atoms with E-state index in [1.54, 1.807) is 48.8 Å². The van der Waals surface area contributed by atoms with Crippen molar-refractivity contribution >= 4 is 26.7 Å². The van der Waals surface area contributed by atoms with Crippen LogP contribution in [0.3, 0.4) is 0 Å². The molecule has 1 saturated carbocycles. The average molecular weight is 449 g/mol. The molecule has 0 radical (unpaired) electrons. The van der Waals surface area contributed by atoms with E-state index in [9.17, 15) is 13.2 Å². The molecule has 164 valence electrons. The minimum absolute atomic E-state index is 0.180. The van der Waals surface area contributed by atoms with Gasteiger partial charge < -0.3 is 5.32 Å². The molecule has 3 aromatic heterocycles. The number of nitrogens with one attached hydrogen (secondary N) is 1. The van der Waals surface area contributed by atoms with Crippen LogP contribution in [0.4, 0.5) is 5.82 Å². The van der Waals surface area contributed by atoms with Gasteiger partial charge >= 0.3 is 0 Å². The molecule has 0 bridgehead atoms. The summed E-state index contributed by atoms with van der Waals surface area (Å²) in [6.07, 6.45) is 9.47. The SMILES string of the molecule is Cc1ccc(S(=O)(=O)n2ccc3c(=O)n(-c4ccc(NC5CCCC5)nc4)ccc32)cc1. The smallest absolute Gasteiger partial charge is 0.268 e. The third-order valence-corrected chi connectivity index (χ3v) is 7.74. The van der Waals surface area contributed by atoms with Gasteiger partial charge in [0.2, 0.25) is 0 Å². The van der Waals surface area contributed by atoms with Crippen LogP contribution in [-0.2, 0) is 10.0 Å². The molecule has 0 unspecified atom stereocenters. The Morgan fingerprint density at radius 2 is 1.72 bits per heavy atom. The first-order valence-corrected chi connectivity index (χ1v) is 12.2. The van der Waals surface area contributed by atoms with Crippen molar-refractivity contribution in [2.75, 3.05) is 5.32 Å². The van der Waals surface area contributed by atoms with Crippen LogP contribution in [0.5, 0.6) is 0 Å². The number of hydrogen-bond donors (Lipinski definition) is 1. The van der Waals surface area contributed by atoms with Crippen LogP contribution in [0, 0.1) is 6.92 Å². The van der Waals surface area contributed by atoms with E-state index < -0.39 is 10.0 Å². The van der Waals surface area contributed by atoms with E-state index in [2.05, 4.69) is 10.3 Å². The van der Waals surface area contributed by atoms with Crippen molar-refractivity contribution < 1.29 is 8.42 Å². The van der Waals surface area contributed by atoms with Crippen LogP contribution in [0.25, 0.3) is 16.6 Å². The summed E-state index contributed by atoms with van der Waals surface area (Å²) in [5.41, 5.74) is 1.66. The maximum Gasteiger partial charge on any atom is 0.268 e. The van der Waals surface area contributed by atoms with Crippen LogP contribution in [0.1, 0.15) is 31.2 Å². The van der Waals surface area contributed by atoms with Crippen molar-refractivity contribution in [3.05, 3.63) is 83.0 Å². The first kappa shape index (κ1) is 20.5.